The molecule has 2 atom stereocenters. The van der Waals surface area contributed by atoms with E-state index in [0.717, 1.165) is 22.5 Å². The quantitative estimate of drug-likeness (QED) is 0.749. The van der Waals surface area contributed by atoms with Crippen molar-refractivity contribution in [2.24, 2.45) is 0 Å². The van der Waals surface area contributed by atoms with Crippen LogP contribution in [-0.2, 0) is 16.1 Å². The molecule has 1 aliphatic rings. The van der Waals surface area contributed by atoms with E-state index in [9.17, 15) is 9.59 Å². The van der Waals surface area contributed by atoms with Gasteiger partial charge >= 0.3 is 0 Å². The van der Waals surface area contributed by atoms with Gasteiger partial charge in [0.15, 0.2) is 0 Å². The summed E-state index contributed by atoms with van der Waals surface area (Å²) < 4.78 is 5.20. The number of nitrogens with one attached hydrogen (secondary N) is 1. The summed E-state index contributed by atoms with van der Waals surface area (Å²) in [6.45, 7) is 6.13. The number of pyridine rings is 1. The highest BCUT2D eigenvalue weighted by molar-refractivity contribution is 8.01. The zero-order valence-corrected chi connectivity index (χ0v) is 17.8. The van der Waals surface area contributed by atoms with Crippen LogP contribution in [0, 0.1) is 0 Å². The van der Waals surface area contributed by atoms with Gasteiger partial charge in [0.1, 0.15) is 16.9 Å². The maximum absolute atomic E-state index is 12.8. The van der Waals surface area contributed by atoms with E-state index in [-0.39, 0.29) is 22.4 Å². The van der Waals surface area contributed by atoms with Crippen LogP contribution in [-0.4, -0.2) is 39.4 Å². The highest BCUT2D eigenvalue weighted by Crippen LogP contribution is 2.36. The molecule has 7 heteroatoms. The van der Waals surface area contributed by atoms with Gasteiger partial charge in [-0.15, -0.1) is 11.8 Å². The number of methoxy groups -OCH3 is 1. The van der Waals surface area contributed by atoms with Gasteiger partial charge in [0.05, 0.1) is 12.4 Å². The van der Waals surface area contributed by atoms with Crippen LogP contribution in [0.4, 0.5) is 5.82 Å². The Morgan fingerprint density at radius 3 is 2.59 bits per heavy atom. The monoisotopic (exact) mass is 411 g/mol. The van der Waals surface area contributed by atoms with Crippen LogP contribution in [0.15, 0.2) is 59.8 Å². The normalized spacial score (nSPS) is 17.4. The summed E-state index contributed by atoms with van der Waals surface area (Å²) in [6.07, 6.45) is 1.63. The highest BCUT2D eigenvalue weighted by atomic mass is 32.2. The van der Waals surface area contributed by atoms with Crippen molar-refractivity contribution in [2.45, 2.75) is 37.9 Å². The molecule has 0 unspecified atom stereocenters. The van der Waals surface area contributed by atoms with Gasteiger partial charge in [-0.05, 0) is 56.2 Å². The van der Waals surface area contributed by atoms with Gasteiger partial charge in [0.2, 0.25) is 5.91 Å². The molecule has 0 radical (unpaired) electrons. The number of hydrogen-bond donors (Lipinski definition) is 1. The summed E-state index contributed by atoms with van der Waals surface area (Å²) in [6, 6.07) is 13.0. The number of anilines is 1. The molecule has 0 saturated heterocycles. The van der Waals surface area contributed by atoms with Gasteiger partial charge in [-0.3, -0.25) is 9.59 Å². The molecule has 152 valence electrons. The van der Waals surface area contributed by atoms with Crippen LogP contribution < -0.4 is 10.1 Å². The van der Waals surface area contributed by atoms with Crippen molar-refractivity contribution in [3.05, 3.63) is 65.4 Å². The Balaban J connectivity index is 1.71. The van der Waals surface area contributed by atoms with Gasteiger partial charge in [-0.1, -0.05) is 18.2 Å². The molecule has 1 N–H and O–H groups in total. The lowest BCUT2D eigenvalue weighted by molar-refractivity contribution is -0.126. The maximum Gasteiger partial charge on any atom is 0.251 e. The Bertz CT molecular complexity index is 913. The summed E-state index contributed by atoms with van der Waals surface area (Å²) in [5.41, 5.74) is 2.75. The van der Waals surface area contributed by atoms with Gasteiger partial charge in [0.25, 0.3) is 5.91 Å². The Morgan fingerprint density at radius 1 is 1.24 bits per heavy atom. The smallest absolute Gasteiger partial charge is 0.251 e. The van der Waals surface area contributed by atoms with Crippen LogP contribution in [0.25, 0.3) is 0 Å². The molecule has 1 aromatic heterocycles. The standard InChI is InChI=1S/C22H25N3O3S/c1-14-15(2)22(29-16(3)20(26)24-19-7-5-6-12-23-19)25(21(14)27)13-17-8-10-18(28-4)11-9-17/h5-12,16,22H,13H2,1-4H3,(H,23,24,26)/t16-,22-/m1/s1. The number of carbonyl (C=O) groups excluding carboxylic acids is 2. The minimum absolute atomic E-state index is 0.00755. The van der Waals surface area contributed by atoms with E-state index < -0.39 is 0 Å². The van der Waals surface area contributed by atoms with Crippen molar-refractivity contribution in [1.29, 1.82) is 0 Å². The summed E-state index contributed by atoms with van der Waals surface area (Å²) in [5.74, 6) is 1.17. The number of aromatic nitrogens is 1. The van der Waals surface area contributed by atoms with Crippen molar-refractivity contribution < 1.29 is 14.3 Å². The zero-order chi connectivity index (χ0) is 21.0. The number of nitrogens with zero attached hydrogens (tertiary/aromatic N) is 2. The zero-order valence-electron chi connectivity index (χ0n) is 17.0. The Hall–Kier alpha value is -2.80. The lowest BCUT2D eigenvalue weighted by Gasteiger charge is -2.28. The first kappa shape index (κ1) is 20.9. The molecular weight excluding hydrogens is 386 g/mol. The molecule has 6 nitrogen and oxygen atoms in total. The van der Waals surface area contributed by atoms with Crippen LogP contribution in [0.2, 0.25) is 0 Å². The van der Waals surface area contributed by atoms with E-state index in [1.54, 1.807) is 25.4 Å². The van der Waals surface area contributed by atoms with E-state index >= 15 is 0 Å². The highest BCUT2D eigenvalue weighted by Gasteiger charge is 2.37. The Labute approximate surface area is 175 Å². The number of thioether (sulfide) groups is 1. The molecule has 0 fully saturated rings. The molecule has 1 aromatic carbocycles. The average molecular weight is 412 g/mol. The van der Waals surface area contributed by atoms with Crippen LogP contribution in [0.1, 0.15) is 26.3 Å². The summed E-state index contributed by atoms with van der Waals surface area (Å²) >= 11 is 1.47. The second-order valence-corrected chi connectivity index (χ2v) is 8.35. The van der Waals surface area contributed by atoms with E-state index in [0.29, 0.717) is 12.4 Å². The summed E-state index contributed by atoms with van der Waals surface area (Å²) in [4.78, 5) is 31.4. The van der Waals surface area contributed by atoms with Crippen molar-refractivity contribution in [1.82, 2.24) is 9.88 Å². The van der Waals surface area contributed by atoms with E-state index in [1.807, 2.05) is 56.0 Å². The minimum Gasteiger partial charge on any atom is -0.497 e. The summed E-state index contributed by atoms with van der Waals surface area (Å²) in [5, 5.41) is 2.29. The summed E-state index contributed by atoms with van der Waals surface area (Å²) in [7, 11) is 1.62. The molecule has 0 bridgehead atoms. The topological polar surface area (TPSA) is 71.5 Å². The van der Waals surface area contributed by atoms with Gasteiger partial charge in [-0.2, -0.15) is 0 Å². The van der Waals surface area contributed by atoms with Crippen molar-refractivity contribution in [3.63, 3.8) is 0 Å². The van der Waals surface area contributed by atoms with Crippen molar-refractivity contribution in [3.8, 4) is 5.75 Å². The Kier molecular flexibility index (Phi) is 6.59. The first-order chi connectivity index (χ1) is 13.9. The lowest BCUT2D eigenvalue weighted by Crippen LogP contribution is -2.35. The third kappa shape index (κ3) is 4.79. The van der Waals surface area contributed by atoms with Crippen LogP contribution in [0.5, 0.6) is 5.75 Å². The number of benzene rings is 1. The van der Waals surface area contributed by atoms with E-state index in [1.165, 1.54) is 11.8 Å². The second kappa shape index (κ2) is 9.13. The Morgan fingerprint density at radius 2 is 1.97 bits per heavy atom. The van der Waals surface area contributed by atoms with Crippen LogP contribution in [0.3, 0.4) is 0 Å². The molecule has 0 saturated carbocycles. The fourth-order valence-electron chi connectivity index (χ4n) is 3.09. The number of amides is 2. The second-order valence-electron chi connectivity index (χ2n) is 6.92. The van der Waals surface area contributed by atoms with Gasteiger partial charge < -0.3 is 15.0 Å². The first-order valence-electron chi connectivity index (χ1n) is 9.39. The number of carbonyl (C=O) groups is 2. The molecule has 29 heavy (non-hydrogen) atoms. The lowest BCUT2D eigenvalue weighted by atomic mass is 10.2. The third-order valence-electron chi connectivity index (χ3n) is 4.96. The molecule has 0 spiro atoms. The van der Waals surface area contributed by atoms with Gasteiger partial charge in [0, 0.05) is 18.3 Å². The molecule has 0 aliphatic carbocycles. The molecular formula is C22H25N3O3S. The number of ether oxygens (including phenoxy) is 1. The van der Waals surface area contributed by atoms with E-state index in [2.05, 4.69) is 10.3 Å². The largest absolute Gasteiger partial charge is 0.497 e. The fourth-order valence-corrected chi connectivity index (χ4v) is 4.35. The van der Waals surface area contributed by atoms with Crippen molar-refractivity contribution in [2.75, 3.05) is 12.4 Å². The van der Waals surface area contributed by atoms with Crippen molar-refractivity contribution >= 4 is 29.4 Å². The number of rotatable bonds is 7. The molecule has 2 amide bonds. The molecule has 2 heterocycles. The van der Waals surface area contributed by atoms with Crippen LogP contribution >= 0.6 is 11.8 Å². The number of hydrogen-bond acceptors (Lipinski definition) is 5. The van der Waals surface area contributed by atoms with E-state index in [4.69, 9.17) is 4.74 Å². The minimum atomic E-state index is -0.353. The first-order valence-corrected chi connectivity index (χ1v) is 10.3. The maximum atomic E-state index is 12.8. The fraction of sp³-hybridized carbons (Fsp3) is 0.318. The molecule has 3 rings (SSSR count). The molecule has 1 aliphatic heterocycles. The predicted octanol–water partition coefficient (Wildman–Crippen LogP) is 3.86. The molecule has 2 aromatic rings. The average Bonchev–Trinajstić information content (AvgIpc) is 2.93. The predicted molar refractivity (Wildman–Crippen MR) is 116 cm³/mol. The van der Waals surface area contributed by atoms with Gasteiger partial charge in [-0.25, -0.2) is 4.98 Å². The third-order valence-corrected chi connectivity index (χ3v) is 6.45. The SMILES string of the molecule is COc1ccc(CN2C(=O)C(C)=C(C)[C@H]2S[C@H](C)C(=O)Nc2ccccn2)cc1.